The molecule has 0 aliphatic carbocycles. The first-order valence-electron chi connectivity index (χ1n) is 5.82. The number of para-hydroxylation sites is 1. The summed E-state index contributed by atoms with van der Waals surface area (Å²) >= 11 is 0. The van der Waals surface area contributed by atoms with Crippen LogP contribution >= 0.6 is 0 Å². The SMILES string of the molecule is CCNCC(C)N(CC)c1ccccc1. The third kappa shape index (κ3) is 3.56. The first kappa shape index (κ1) is 12.1. The summed E-state index contributed by atoms with van der Waals surface area (Å²) < 4.78 is 0. The van der Waals surface area contributed by atoms with E-state index in [2.05, 4.69) is 61.3 Å². The molecule has 1 N–H and O–H groups in total. The van der Waals surface area contributed by atoms with Crippen molar-refractivity contribution >= 4 is 5.69 Å². The number of benzene rings is 1. The van der Waals surface area contributed by atoms with Gasteiger partial charge in [-0.05, 0) is 32.5 Å². The molecule has 0 aliphatic heterocycles. The minimum Gasteiger partial charge on any atom is -0.368 e. The molecule has 2 nitrogen and oxygen atoms in total. The standard InChI is InChI=1S/C13H22N2/c1-4-14-11-12(3)15(5-2)13-9-7-6-8-10-13/h6-10,12,14H,4-5,11H2,1-3H3. The Morgan fingerprint density at radius 1 is 1.20 bits per heavy atom. The maximum absolute atomic E-state index is 3.39. The third-order valence-corrected chi connectivity index (χ3v) is 2.65. The number of nitrogens with one attached hydrogen (secondary N) is 1. The second kappa shape index (κ2) is 6.46. The van der Waals surface area contributed by atoms with Crippen molar-refractivity contribution in [1.82, 2.24) is 5.32 Å². The highest BCUT2D eigenvalue weighted by Gasteiger charge is 2.11. The lowest BCUT2D eigenvalue weighted by molar-refractivity contribution is 0.580. The van der Waals surface area contributed by atoms with Crippen LogP contribution in [0.1, 0.15) is 20.8 Å². The Morgan fingerprint density at radius 3 is 2.40 bits per heavy atom. The van der Waals surface area contributed by atoms with Gasteiger partial charge in [0.2, 0.25) is 0 Å². The Morgan fingerprint density at radius 2 is 1.87 bits per heavy atom. The van der Waals surface area contributed by atoms with E-state index in [1.807, 2.05) is 0 Å². The van der Waals surface area contributed by atoms with E-state index in [4.69, 9.17) is 0 Å². The largest absolute Gasteiger partial charge is 0.368 e. The Bertz CT molecular complexity index is 258. The summed E-state index contributed by atoms with van der Waals surface area (Å²) in [5.41, 5.74) is 1.31. The number of hydrogen-bond acceptors (Lipinski definition) is 2. The van der Waals surface area contributed by atoms with Gasteiger partial charge in [-0.2, -0.15) is 0 Å². The molecule has 0 amide bonds. The maximum atomic E-state index is 3.39. The molecule has 0 saturated heterocycles. The van der Waals surface area contributed by atoms with Crippen LogP contribution in [0.3, 0.4) is 0 Å². The van der Waals surface area contributed by atoms with Crippen molar-refractivity contribution in [2.75, 3.05) is 24.5 Å². The lowest BCUT2D eigenvalue weighted by Crippen LogP contribution is -2.40. The fourth-order valence-corrected chi connectivity index (χ4v) is 1.83. The van der Waals surface area contributed by atoms with E-state index >= 15 is 0 Å². The topological polar surface area (TPSA) is 15.3 Å². The molecular formula is C13H22N2. The van der Waals surface area contributed by atoms with Crippen LogP contribution < -0.4 is 10.2 Å². The lowest BCUT2D eigenvalue weighted by Gasteiger charge is -2.30. The van der Waals surface area contributed by atoms with Gasteiger partial charge in [0, 0.05) is 24.8 Å². The Balaban J connectivity index is 2.63. The molecular weight excluding hydrogens is 184 g/mol. The second-order valence-electron chi connectivity index (χ2n) is 3.78. The molecule has 0 aromatic heterocycles. The average Bonchev–Trinajstić information content (AvgIpc) is 2.29. The minimum absolute atomic E-state index is 0.539. The summed E-state index contributed by atoms with van der Waals surface area (Å²) in [5, 5.41) is 3.39. The molecule has 1 unspecified atom stereocenters. The van der Waals surface area contributed by atoms with Gasteiger partial charge in [-0.15, -0.1) is 0 Å². The smallest absolute Gasteiger partial charge is 0.0386 e. The van der Waals surface area contributed by atoms with Crippen LogP contribution in [0, 0.1) is 0 Å². The molecule has 15 heavy (non-hydrogen) atoms. The summed E-state index contributed by atoms with van der Waals surface area (Å²) in [6, 6.07) is 11.1. The molecule has 0 aliphatic rings. The van der Waals surface area contributed by atoms with E-state index in [0.29, 0.717) is 6.04 Å². The van der Waals surface area contributed by atoms with Gasteiger partial charge in [-0.25, -0.2) is 0 Å². The van der Waals surface area contributed by atoms with Gasteiger partial charge < -0.3 is 10.2 Å². The lowest BCUT2D eigenvalue weighted by atomic mass is 10.2. The zero-order chi connectivity index (χ0) is 11.1. The number of nitrogens with zero attached hydrogens (tertiary/aromatic N) is 1. The molecule has 0 radical (unpaired) electrons. The van der Waals surface area contributed by atoms with Gasteiger partial charge in [-0.3, -0.25) is 0 Å². The molecule has 1 rings (SSSR count). The second-order valence-corrected chi connectivity index (χ2v) is 3.78. The predicted octanol–water partition coefficient (Wildman–Crippen LogP) is 2.51. The molecule has 1 aromatic carbocycles. The van der Waals surface area contributed by atoms with Crippen LogP contribution in [0.4, 0.5) is 5.69 Å². The van der Waals surface area contributed by atoms with Crippen molar-refractivity contribution in [3.63, 3.8) is 0 Å². The number of rotatable bonds is 6. The van der Waals surface area contributed by atoms with Crippen LogP contribution in [-0.2, 0) is 0 Å². The van der Waals surface area contributed by atoms with Crippen molar-refractivity contribution in [1.29, 1.82) is 0 Å². The number of likely N-dealkylation sites (N-methyl/N-ethyl adjacent to an activating group) is 2. The first-order valence-corrected chi connectivity index (χ1v) is 5.82. The molecule has 0 heterocycles. The Labute approximate surface area is 93.3 Å². The molecule has 2 heteroatoms. The van der Waals surface area contributed by atoms with Crippen LogP contribution in [0.2, 0.25) is 0 Å². The zero-order valence-corrected chi connectivity index (χ0v) is 10.0. The quantitative estimate of drug-likeness (QED) is 0.769. The fraction of sp³-hybridized carbons (Fsp3) is 0.538. The summed E-state index contributed by atoms with van der Waals surface area (Å²) in [6.07, 6.45) is 0. The van der Waals surface area contributed by atoms with Gasteiger partial charge in [0.15, 0.2) is 0 Å². The van der Waals surface area contributed by atoms with E-state index in [-0.39, 0.29) is 0 Å². The van der Waals surface area contributed by atoms with E-state index in [1.54, 1.807) is 0 Å². The average molecular weight is 206 g/mol. The first-order chi connectivity index (χ1) is 7.29. The Hall–Kier alpha value is -1.02. The van der Waals surface area contributed by atoms with Gasteiger partial charge >= 0.3 is 0 Å². The van der Waals surface area contributed by atoms with Gasteiger partial charge in [0.1, 0.15) is 0 Å². The highest BCUT2D eigenvalue weighted by atomic mass is 15.2. The Kier molecular flexibility index (Phi) is 5.19. The van der Waals surface area contributed by atoms with Crippen molar-refractivity contribution in [3.05, 3.63) is 30.3 Å². The molecule has 1 atom stereocenters. The van der Waals surface area contributed by atoms with Crippen molar-refractivity contribution in [3.8, 4) is 0 Å². The van der Waals surface area contributed by atoms with E-state index in [9.17, 15) is 0 Å². The highest BCUT2D eigenvalue weighted by Crippen LogP contribution is 2.15. The molecule has 0 spiro atoms. The van der Waals surface area contributed by atoms with Crippen molar-refractivity contribution in [2.45, 2.75) is 26.8 Å². The van der Waals surface area contributed by atoms with Crippen LogP contribution in [0.5, 0.6) is 0 Å². The zero-order valence-electron chi connectivity index (χ0n) is 10.0. The van der Waals surface area contributed by atoms with E-state index in [0.717, 1.165) is 19.6 Å². The normalized spacial score (nSPS) is 12.5. The molecule has 0 saturated carbocycles. The van der Waals surface area contributed by atoms with E-state index in [1.165, 1.54) is 5.69 Å². The fourth-order valence-electron chi connectivity index (χ4n) is 1.83. The van der Waals surface area contributed by atoms with Crippen molar-refractivity contribution < 1.29 is 0 Å². The monoisotopic (exact) mass is 206 g/mol. The van der Waals surface area contributed by atoms with Crippen molar-refractivity contribution in [2.24, 2.45) is 0 Å². The maximum Gasteiger partial charge on any atom is 0.0386 e. The third-order valence-electron chi connectivity index (χ3n) is 2.65. The van der Waals surface area contributed by atoms with Crippen LogP contribution in [-0.4, -0.2) is 25.7 Å². The van der Waals surface area contributed by atoms with E-state index < -0.39 is 0 Å². The highest BCUT2D eigenvalue weighted by molar-refractivity contribution is 5.46. The summed E-state index contributed by atoms with van der Waals surface area (Å²) in [4.78, 5) is 2.42. The van der Waals surface area contributed by atoms with Gasteiger partial charge in [-0.1, -0.05) is 25.1 Å². The van der Waals surface area contributed by atoms with Crippen LogP contribution in [0.15, 0.2) is 30.3 Å². The summed E-state index contributed by atoms with van der Waals surface area (Å²) in [5.74, 6) is 0. The van der Waals surface area contributed by atoms with Crippen LogP contribution in [0.25, 0.3) is 0 Å². The number of anilines is 1. The van der Waals surface area contributed by atoms with Gasteiger partial charge in [0.25, 0.3) is 0 Å². The summed E-state index contributed by atoms with van der Waals surface area (Å²) in [7, 11) is 0. The molecule has 1 aromatic rings. The van der Waals surface area contributed by atoms with Gasteiger partial charge in [0.05, 0.1) is 0 Å². The molecule has 0 fully saturated rings. The summed E-state index contributed by atoms with van der Waals surface area (Å²) in [6.45, 7) is 9.74. The predicted molar refractivity (Wildman–Crippen MR) is 67.5 cm³/mol. The molecule has 0 bridgehead atoms. The molecule has 84 valence electrons. The number of hydrogen-bond donors (Lipinski definition) is 1. The minimum atomic E-state index is 0.539.